The molecule has 0 aromatic heterocycles. The van der Waals surface area contributed by atoms with Gasteiger partial charge < -0.3 is 10.6 Å². The van der Waals surface area contributed by atoms with E-state index in [1.807, 2.05) is 13.8 Å². The summed E-state index contributed by atoms with van der Waals surface area (Å²) in [5.41, 5.74) is 3.67. The second-order valence-electron chi connectivity index (χ2n) is 6.09. The Morgan fingerprint density at radius 2 is 1.96 bits per heavy atom. The molecule has 1 rings (SSSR count). The van der Waals surface area contributed by atoms with Gasteiger partial charge in [0.25, 0.3) is 0 Å². The van der Waals surface area contributed by atoms with Gasteiger partial charge in [-0.25, -0.2) is 13.4 Å². The van der Waals surface area contributed by atoms with E-state index in [1.165, 1.54) is 22.9 Å². The molecular weight excluding hydrogens is 437 g/mol. The summed E-state index contributed by atoms with van der Waals surface area (Å²) in [5.74, 6) is 0.894. The van der Waals surface area contributed by atoms with Crippen molar-refractivity contribution in [3.05, 3.63) is 34.9 Å². The van der Waals surface area contributed by atoms with Crippen molar-refractivity contribution in [3.63, 3.8) is 0 Å². The minimum atomic E-state index is -2.93. The van der Waals surface area contributed by atoms with Crippen molar-refractivity contribution in [3.8, 4) is 0 Å². The number of halogens is 1. The standard InChI is InChI=1S/C17H29N3O2S.HI/c1-6-18-17(20-15(4)9-10-23(5,21)22)19-12-16-8-7-13(2)11-14(16)3;/h7-8,11,15H,6,9-10,12H2,1-5H3,(H2,18,19,20);1H. The van der Waals surface area contributed by atoms with Crippen molar-refractivity contribution in [1.29, 1.82) is 0 Å². The van der Waals surface area contributed by atoms with Crippen LogP contribution in [0.3, 0.4) is 0 Å². The lowest BCUT2D eigenvalue weighted by molar-refractivity contribution is 0.581. The van der Waals surface area contributed by atoms with Gasteiger partial charge in [-0.05, 0) is 45.2 Å². The summed E-state index contributed by atoms with van der Waals surface area (Å²) in [6, 6.07) is 6.39. The summed E-state index contributed by atoms with van der Waals surface area (Å²) < 4.78 is 22.5. The van der Waals surface area contributed by atoms with Crippen LogP contribution < -0.4 is 10.6 Å². The molecule has 0 aliphatic heterocycles. The normalized spacial score (nSPS) is 13.1. The predicted molar refractivity (Wildman–Crippen MR) is 113 cm³/mol. The maximum absolute atomic E-state index is 11.2. The third-order valence-electron chi connectivity index (χ3n) is 3.55. The van der Waals surface area contributed by atoms with Crippen molar-refractivity contribution in [2.75, 3.05) is 18.6 Å². The lowest BCUT2D eigenvalue weighted by Gasteiger charge is -2.17. The van der Waals surface area contributed by atoms with Crippen LogP contribution in [0.4, 0.5) is 0 Å². The molecule has 0 heterocycles. The van der Waals surface area contributed by atoms with Gasteiger partial charge in [-0.15, -0.1) is 24.0 Å². The third kappa shape index (κ3) is 9.46. The van der Waals surface area contributed by atoms with Gasteiger partial charge in [-0.2, -0.15) is 0 Å². The van der Waals surface area contributed by atoms with Crippen molar-refractivity contribution >= 4 is 39.8 Å². The number of nitrogens with one attached hydrogen (secondary N) is 2. The zero-order valence-electron chi connectivity index (χ0n) is 15.2. The van der Waals surface area contributed by atoms with Crippen LogP contribution >= 0.6 is 24.0 Å². The smallest absolute Gasteiger partial charge is 0.191 e. The molecule has 7 heteroatoms. The molecule has 0 spiro atoms. The van der Waals surface area contributed by atoms with Crippen LogP contribution in [0.5, 0.6) is 0 Å². The van der Waals surface area contributed by atoms with Gasteiger partial charge in [-0.3, -0.25) is 0 Å². The van der Waals surface area contributed by atoms with Crippen LogP contribution in [0.25, 0.3) is 0 Å². The van der Waals surface area contributed by atoms with Crippen molar-refractivity contribution in [1.82, 2.24) is 10.6 Å². The van der Waals surface area contributed by atoms with E-state index >= 15 is 0 Å². The predicted octanol–water partition coefficient (Wildman–Crippen LogP) is 2.80. The Bertz CT molecular complexity index is 645. The number of hydrogen-bond acceptors (Lipinski definition) is 3. The molecule has 1 aromatic rings. The van der Waals surface area contributed by atoms with E-state index in [0.29, 0.717) is 18.9 Å². The highest BCUT2D eigenvalue weighted by Gasteiger charge is 2.09. The number of guanidine groups is 1. The van der Waals surface area contributed by atoms with Crippen LogP contribution in [0.1, 0.15) is 37.0 Å². The quantitative estimate of drug-likeness (QED) is 0.368. The zero-order chi connectivity index (χ0) is 17.5. The zero-order valence-corrected chi connectivity index (χ0v) is 18.4. The van der Waals surface area contributed by atoms with Gasteiger partial charge in [0.1, 0.15) is 9.84 Å². The van der Waals surface area contributed by atoms with E-state index in [-0.39, 0.29) is 35.8 Å². The first-order chi connectivity index (χ1) is 10.7. The molecule has 1 aromatic carbocycles. The molecule has 0 fully saturated rings. The first kappa shape index (κ1) is 23.2. The van der Waals surface area contributed by atoms with E-state index in [4.69, 9.17) is 0 Å². The number of aryl methyl sites for hydroxylation is 2. The largest absolute Gasteiger partial charge is 0.357 e. The summed E-state index contributed by atoms with van der Waals surface area (Å²) in [6.45, 7) is 9.50. The monoisotopic (exact) mass is 467 g/mol. The van der Waals surface area contributed by atoms with Crippen LogP contribution in [0.15, 0.2) is 23.2 Å². The molecule has 2 N–H and O–H groups in total. The van der Waals surface area contributed by atoms with E-state index in [9.17, 15) is 8.42 Å². The highest BCUT2D eigenvalue weighted by Crippen LogP contribution is 2.11. The average Bonchev–Trinajstić information content (AvgIpc) is 2.43. The minimum Gasteiger partial charge on any atom is -0.357 e. The van der Waals surface area contributed by atoms with Gasteiger partial charge in [0.05, 0.1) is 12.3 Å². The highest BCUT2D eigenvalue weighted by atomic mass is 127. The van der Waals surface area contributed by atoms with Crippen molar-refractivity contribution in [2.45, 2.75) is 46.7 Å². The average molecular weight is 467 g/mol. The Labute approximate surface area is 163 Å². The Morgan fingerprint density at radius 1 is 1.29 bits per heavy atom. The molecule has 1 atom stereocenters. The van der Waals surface area contributed by atoms with Crippen LogP contribution in [0, 0.1) is 13.8 Å². The Morgan fingerprint density at radius 3 is 2.50 bits per heavy atom. The number of sulfone groups is 1. The first-order valence-corrected chi connectivity index (χ1v) is 10.1. The molecule has 0 amide bonds. The van der Waals surface area contributed by atoms with Crippen molar-refractivity contribution in [2.24, 2.45) is 4.99 Å². The third-order valence-corrected chi connectivity index (χ3v) is 4.53. The molecule has 5 nitrogen and oxygen atoms in total. The molecule has 0 saturated heterocycles. The van der Waals surface area contributed by atoms with Crippen molar-refractivity contribution < 1.29 is 8.42 Å². The Balaban J connectivity index is 0.00000529. The maximum Gasteiger partial charge on any atom is 0.191 e. The van der Waals surface area contributed by atoms with Crippen LogP contribution in [0.2, 0.25) is 0 Å². The van der Waals surface area contributed by atoms with Gasteiger partial charge in [0.2, 0.25) is 0 Å². The second kappa shape index (κ2) is 10.9. The summed E-state index contributed by atoms with van der Waals surface area (Å²) >= 11 is 0. The lowest BCUT2D eigenvalue weighted by atomic mass is 10.1. The molecule has 0 saturated carbocycles. The number of rotatable bonds is 7. The summed E-state index contributed by atoms with van der Waals surface area (Å²) in [6.07, 6.45) is 1.83. The maximum atomic E-state index is 11.2. The Hall–Kier alpha value is -0.830. The Kier molecular flexibility index (Phi) is 10.5. The summed E-state index contributed by atoms with van der Waals surface area (Å²) in [7, 11) is -2.93. The number of benzene rings is 1. The lowest BCUT2D eigenvalue weighted by Crippen LogP contribution is -2.42. The van der Waals surface area contributed by atoms with E-state index in [1.54, 1.807) is 0 Å². The summed E-state index contributed by atoms with van der Waals surface area (Å²) in [4.78, 5) is 4.60. The first-order valence-electron chi connectivity index (χ1n) is 8.00. The molecule has 0 aliphatic carbocycles. The van der Waals surface area contributed by atoms with Gasteiger partial charge in [-0.1, -0.05) is 23.8 Å². The molecule has 138 valence electrons. The molecule has 0 aliphatic rings. The number of hydrogen-bond donors (Lipinski definition) is 2. The van der Waals surface area contributed by atoms with E-state index < -0.39 is 9.84 Å². The molecular formula is C17H30IN3O2S. The molecule has 0 bridgehead atoms. The number of aliphatic imine (C=N–C) groups is 1. The fraction of sp³-hybridized carbons (Fsp3) is 0.588. The van der Waals surface area contributed by atoms with Gasteiger partial charge in [0, 0.05) is 18.8 Å². The van der Waals surface area contributed by atoms with Crippen LogP contribution in [-0.4, -0.2) is 39.0 Å². The van der Waals surface area contributed by atoms with Gasteiger partial charge >= 0.3 is 0 Å². The number of nitrogens with zero attached hydrogens (tertiary/aromatic N) is 1. The second-order valence-corrected chi connectivity index (χ2v) is 8.35. The molecule has 1 unspecified atom stereocenters. The van der Waals surface area contributed by atoms with E-state index in [0.717, 1.165) is 6.54 Å². The SMILES string of the molecule is CCNC(=NCc1ccc(C)cc1C)NC(C)CCS(C)(=O)=O.I. The van der Waals surface area contributed by atoms with E-state index in [2.05, 4.69) is 47.7 Å². The van der Waals surface area contributed by atoms with Crippen LogP contribution in [-0.2, 0) is 16.4 Å². The highest BCUT2D eigenvalue weighted by molar-refractivity contribution is 14.0. The fourth-order valence-corrected chi connectivity index (χ4v) is 2.99. The topological polar surface area (TPSA) is 70.6 Å². The minimum absolute atomic E-state index is 0. The molecule has 24 heavy (non-hydrogen) atoms. The van der Waals surface area contributed by atoms with Gasteiger partial charge in [0.15, 0.2) is 5.96 Å². The molecule has 0 radical (unpaired) electrons. The fourth-order valence-electron chi connectivity index (χ4n) is 2.20. The summed E-state index contributed by atoms with van der Waals surface area (Å²) in [5, 5.41) is 6.47.